The van der Waals surface area contributed by atoms with Crippen molar-refractivity contribution in [2.45, 2.75) is 26.3 Å². The van der Waals surface area contributed by atoms with Crippen LogP contribution in [0.4, 0.5) is 10.1 Å². The smallest absolute Gasteiger partial charge is 0.253 e. The van der Waals surface area contributed by atoms with Crippen molar-refractivity contribution in [1.29, 1.82) is 0 Å². The number of hydrogen-bond acceptors (Lipinski definition) is 3. The molecule has 0 saturated heterocycles. The van der Waals surface area contributed by atoms with Crippen LogP contribution >= 0.6 is 11.8 Å². The summed E-state index contributed by atoms with van der Waals surface area (Å²) in [7, 11) is 0. The van der Waals surface area contributed by atoms with E-state index in [1.54, 1.807) is 23.9 Å². The highest BCUT2D eigenvalue weighted by molar-refractivity contribution is 7.98. The van der Waals surface area contributed by atoms with Crippen molar-refractivity contribution >= 4 is 23.4 Å². The van der Waals surface area contributed by atoms with Crippen molar-refractivity contribution in [2.24, 2.45) is 0 Å². The standard InChI is InChI=1S/C14H21FN2OS/c1-4-8-16-13-11(6-5-7-12(13)15)14(18)17-10(2)9-19-3/h5-7,10,16H,4,8-9H2,1-3H3,(H,17,18). The third-order valence-electron chi connectivity index (χ3n) is 2.60. The molecule has 0 heterocycles. The molecule has 3 nitrogen and oxygen atoms in total. The van der Waals surface area contributed by atoms with Crippen LogP contribution in [-0.4, -0.2) is 30.5 Å². The first kappa shape index (κ1) is 15.8. The second-order valence-electron chi connectivity index (χ2n) is 4.42. The average Bonchev–Trinajstić information content (AvgIpc) is 2.37. The summed E-state index contributed by atoms with van der Waals surface area (Å²) in [5.74, 6) is 0.206. The van der Waals surface area contributed by atoms with E-state index < -0.39 is 5.82 Å². The molecule has 0 aliphatic carbocycles. The van der Waals surface area contributed by atoms with Crippen LogP contribution in [0.25, 0.3) is 0 Å². The van der Waals surface area contributed by atoms with E-state index in [0.29, 0.717) is 17.8 Å². The SMILES string of the molecule is CCCNc1c(F)cccc1C(=O)NC(C)CSC. The molecule has 5 heteroatoms. The minimum atomic E-state index is -0.390. The number of benzene rings is 1. The van der Waals surface area contributed by atoms with E-state index in [1.807, 2.05) is 20.1 Å². The maximum absolute atomic E-state index is 13.8. The number of nitrogens with one attached hydrogen (secondary N) is 2. The van der Waals surface area contributed by atoms with E-state index in [9.17, 15) is 9.18 Å². The number of amides is 1. The van der Waals surface area contributed by atoms with E-state index >= 15 is 0 Å². The Labute approximate surface area is 118 Å². The number of para-hydroxylation sites is 1. The molecule has 106 valence electrons. The van der Waals surface area contributed by atoms with Crippen molar-refractivity contribution in [3.8, 4) is 0 Å². The fourth-order valence-corrected chi connectivity index (χ4v) is 2.32. The summed E-state index contributed by atoms with van der Waals surface area (Å²) in [6.07, 6.45) is 2.86. The van der Waals surface area contributed by atoms with E-state index in [4.69, 9.17) is 0 Å². The van der Waals surface area contributed by atoms with Crippen molar-refractivity contribution in [2.75, 3.05) is 23.9 Å². The molecule has 1 aromatic carbocycles. The van der Waals surface area contributed by atoms with Gasteiger partial charge in [0.15, 0.2) is 0 Å². The number of hydrogen-bond donors (Lipinski definition) is 2. The van der Waals surface area contributed by atoms with Gasteiger partial charge in [0.2, 0.25) is 0 Å². The molecule has 1 rings (SSSR count). The van der Waals surface area contributed by atoms with Gasteiger partial charge in [0, 0.05) is 18.3 Å². The Balaban J connectivity index is 2.86. The number of rotatable bonds is 7. The first-order chi connectivity index (χ1) is 9.10. The maximum atomic E-state index is 13.8. The Kier molecular flexibility index (Phi) is 6.70. The van der Waals surface area contributed by atoms with Crippen LogP contribution in [-0.2, 0) is 0 Å². The van der Waals surface area contributed by atoms with E-state index in [-0.39, 0.29) is 11.9 Å². The van der Waals surface area contributed by atoms with Crippen molar-refractivity contribution in [1.82, 2.24) is 5.32 Å². The Morgan fingerprint density at radius 2 is 2.21 bits per heavy atom. The number of carbonyl (C=O) groups is 1. The molecule has 1 amide bonds. The van der Waals surface area contributed by atoms with Gasteiger partial charge in [0.25, 0.3) is 5.91 Å². The zero-order chi connectivity index (χ0) is 14.3. The van der Waals surface area contributed by atoms with E-state index in [1.165, 1.54) is 6.07 Å². The van der Waals surface area contributed by atoms with Crippen LogP contribution in [0.3, 0.4) is 0 Å². The van der Waals surface area contributed by atoms with Gasteiger partial charge in [-0.05, 0) is 31.7 Å². The van der Waals surface area contributed by atoms with Crippen LogP contribution in [0.5, 0.6) is 0 Å². The third-order valence-corrected chi connectivity index (χ3v) is 3.44. The van der Waals surface area contributed by atoms with Gasteiger partial charge in [-0.25, -0.2) is 4.39 Å². The second kappa shape index (κ2) is 8.04. The lowest BCUT2D eigenvalue weighted by atomic mass is 10.1. The normalized spacial score (nSPS) is 12.0. The Bertz CT molecular complexity index is 426. The molecule has 1 unspecified atom stereocenters. The number of thioether (sulfide) groups is 1. The molecule has 19 heavy (non-hydrogen) atoms. The minimum Gasteiger partial charge on any atom is -0.382 e. The molecular formula is C14H21FN2OS. The fourth-order valence-electron chi connectivity index (χ4n) is 1.74. The molecule has 0 bridgehead atoms. The number of anilines is 1. The Hall–Kier alpha value is -1.23. The monoisotopic (exact) mass is 284 g/mol. The Morgan fingerprint density at radius 3 is 2.84 bits per heavy atom. The molecule has 0 fully saturated rings. The maximum Gasteiger partial charge on any atom is 0.253 e. The molecule has 2 N–H and O–H groups in total. The lowest BCUT2D eigenvalue weighted by Gasteiger charge is -2.16. The van der Waals surface area contributed by atoms with Gasteiger partial charge in [-0.3, -0.25) is 4.79 Å². The molecule has 1 aromatic rings. The van der Waals surface area contributed by atoms with Gasteiger partial charge in [-0.2, -0.15) is 11.8 Å². The second-order valence-corrected chi connectivity index (χ2v) is 5.33. The molecule has 0 spiro atoms. The van der Waals surface area contributed by atoms with E-state index in [2.05, 4.69) is 10.6 Å². The van der Waals surface area contributed by atoms with Crippen molar-refractivity contribution in [3.63, 3.8) is 0 Å². The van der Waals surface area contributed by atoms with Crippen LogP contribution in [0.2, 0.25) is 0 Å². The summed E-state index contributed by atoms with van der Waals surface area (Å²) in [5, 5.41) is 5.85. The molecule has 0 saturated carbocycles. The predicted octanol–water partition coefficient (Wildman–Crippen LogP) is 3.13. The van der Waals surface area contributed by atoms with Crippen molar-refractivity contribution in [3.05, 3.63) is 29.6 Å². The fraction of sp³-hybridized carbons (Fsp3) is 0.500. The summed E-state index contributed by atoms with van der Waals surface area (Å²) in [4.78, 5) is 12.1. The third kappa shape index (κ3) is 4.74. The van der Waals surface area contributed by atoms with Gasteiger partial charge in [-0.1, -0.05) is 13.0 Å². The topological polar surface area (TPSA) is 41.1 Å². The molecule has 0 aliphatic heterocycles. The molecule has 0 aliphatic rings. The average molecular weight is 284 g/mol. The van der Waals surface area contributed by atoms with Gasteiger partial charge in [0.1, 0.15) is 5.82 Å². The zero-order valence-electron chi connectivity index (χ0n) is 11.6. The summed E-state index contributed by atoms with van der Waals surface area (Å²) in [6, 6.07) is 4.62. The molecule has 0 radical (unpaired) electrons. The predicted molar refractivity (Wildman–Crippen MR) is 80.5 cm³/mol. The highest BCUT2D eigenvalue weighted by Crippen LogP contribution is 2.20. The van der Waals surface area contributed by atoms with Gasteiger partial charge in [-0.15, -0.1) is 0 Å². The lowest BCUT2D eigenvalue weighted by Crippen LogP contribution is -2.34. The zero-order valence-corrected chi connectivity index (χ0v) is 12.4. The van der Waals surface area contributed by atoms with Crippen LogP contribution < -0.4 is 10.6 Å². The first-order valence-electron chi connectivity index (χ1n) is 6.42. The van der Waals surface area contributed by atoms with Gasteiger partial charge >= 0.3 is 0 Å². The first-order valence-corrected chi connectivity index (χ1v) is 7.81. The minimum absolute atomic E-state index is 0.0600. The highest BCUT2D eigenvalue weighted by atomic mass is 32.2. The van der Waals surface area contributed by atoms with Crippen LogP contribution in [0.1, 0.15) is 30.6 Å². The summed E-state index contributed by atoms with van der Waals surface area (Å²) in [5.41, 5.74) is 0.652. The summed E-state index contributed by atoms with van der Waals surface area (Å²) < 4.78 is 13.8. The lowest BCUT2D eigenvalue weighted by molar-refractivity contribution is 0.0944. The van der Waals surface area contributed by atoms with Gasteiger partial charge < -0.3 is 10.6 Å². The number of halogens is 1. The molecule has 0 aromatic heterocycles. The van der Waals surface area contributed by atoms with Gasteiger partial charge in [0.05, 0.1) is 11.3 Å². The summed E-state index contributed by atoms with van der Waals surface area (Å²) in [6.45, 7) is 4.57. The largest absolute Gasteiger partial charge is 0.382 e. The molecule has 1 atom stereocenters. The summed E-state index contributed by atoms with van der Waals surface area (Å²) >= 11 is 1.66. The van der Waals surface area contributed by atoms with Crippen LogP contribution in [0.15, 0.2) is 18.2 Å². The van der Waals surface area contributed by atoms with E-state index in [0.717, 1.165) is 12.2 Å². The van der Waals surface area contributed by atoms with Crippen LogP contribution in [0, 0.1) is 5.82 Å². The number of carbonyl (C=O) groups excluding carboxylic acids is 1. The van der Waals surface area contributed by atoms with Crippen molar-refractivity contribution < 1.29 is 9.18 Å². The molecular weight excluding hydrogens is 263 g/mol. The highest BCUT2D eigenvalue weighted by Gasteiger charge is 2.16. The quantitative estimate of drug-likeness (QED) is 0.808. The Morgan fingerprint density at radius 1 is 1.47 bits per heavy atom.